The third-order valence-electron chi connectivity index (χ3n) is 3.22. The molecule has 0 saturated carbocycles. The normalized spacial score (nSPS) is 13.5. The Bertz CT molecular complexity index is 541. The third-order valence-corrected chi connectivity index (χ3v) is 4.85. The zero-order chi connectivity index (χ0) is 14.6. The van der Waals surface area contributed by atoms with Gasteiger partial charge in [-0.2, -0.15) is 0 Å². The van der Waals surface area contributed by atoms with Crippen LogP contribution in [-0.2, 0) is 10.0 Å². The highest BCUT2D eigenvalue weighted by atomic mass is 32.2. The van der Waals surface area contributed by atoms with Crippen LogP contribution in [0.3, 0.4) is 0 Å². The largest absolute Gasteiger partial charge is 0.398 e. The van der Waals surface area contributed by atoms with E-state index in [-0.39, 0.29) is 29.7 Å². The van der Waals surface area contributed by atoms with E-state index in [4.69, 9.17) is 10.8 Å². The lowest BCUT2D eigenvalue weighted by Gasteiger charge is -2.15. The van der Waals surface area contributed by atoms with Crippen molar-refractivity contribution < 1.29 is 13.5 Å². The first kappa shape index (κ1) is 15.9. The topological polar surface area (TPSA) is 92.4 Å². The molecule has 0 aliphatic carbocycles. The van der Waals surface area contributed by atoms with Crippen LogP contribution in [0.15, 0.2) is 17.0 Å². The number of nitrogen functional groups attached to an aromatic ring is 1. The molecule has 1 rings (SSSR count). The van der Waals surface area contributed by atoms with E-state index in [2.05, 4.69) is 4.72 Å². The van der Waals surface area contributed by atoms with Gasteiger partial charge in [-0.3, -0.25) is 0 Å². The maximum atomic E-state index is 12.3. The molecule has 0 bridgehead atoms. The van der Waals surface area contributed by atoms with Crippen molar-refractivity contribution in [1.29, 1.82) is 0 Å². The Kier molecular flexibility index (Phi) is 5.34. The van der Waals surface area contributed by atoms with Gasteiger partial charge in [-0.25, -0.2) is 13.1 Å². The lowest BCUT2D eigenvalue weighted by molar-refractivity contribution is 0.263. The Morgan fingerprint density at radius 3 is 2.58 bits per heavy atom. The van der Waals surface area contributed by atoms with Crippen molar-refractivity contribution in [3.63, 3.8) is 0 Å². The van der Waals surface area contributed by atoms with Gasteiger partial charge in [-0.15, -0.1) is 0 Å². The number of aliphatic hydroxyl groups excluding tert-OH is 1. The monoisotopic (exact) mass is 286 g/mol. The fourth-order valence-electron chi connectivity index (χ4n) is 1.81. The van der Waals surface area contributed by atoms with Crippen molar-refractivity contribution in [2.45, 2.75) is 32.1 Å². The van der Waals surface area contributed by atoms with Gasteiger partial charge >= 0.3 is 0 Å². The SMILES string of the molecule is Cc1ccc(N)c(S(=O)(=O)NCC(C)CCO)c1C. The molecule has 0 fully saturated rings. The molecule has 0 radical (unpaired) electrons. The number of aliphatic hydroxyl groups is 1. The maximum absolute atomic E-state index is 12.3. The van der Waals surface area contributed by atoms with Crippen LogP contribution in [0.25, 0.3) is 0 Å². The molecule has 4 N–H and O–H groups in total. The lowest BCUT2D eigenvalue weighted by Crippen LogP contribution is -2.30. The van der Waals surface area contributed by atoms with Crippen LogP contribution in [0.4, 0.5) is 5.69 Å². The zero-order valence-electron chi connectivity index (χ0n) is 11.6. The first-order chi connectivity index (χ1) is 8.79. The Labute approximate surface area is 114 Å². The van der Waals surface area contributed by atoms with Gasteiger partial charge in [0.15, 0.2) is 0 Å². The smallest absolute Gasteiger partial charge is 0.242 e. The Balaban J connectivity index is 2.98. The molecule has 19 heavy (non-hydrogen) atoms. The Hall–Kier alpha value is -1.11. The predicted octanol–water partition coefficient (Wildman–Crippen LogP) is 1.18. The van der Waals surface area contributed by atoms with Crippen LogP contribution in [0.5, 0.6) is 0 Å². The molecule has 1 unspecified atom stereocenters. The minimum Gasteiger partial charge on any atom is -0.398 e. The van der Waals surface area contributed by atoms with Gasteiger partial charge in [0.25, 0.3) is 0 Å². The summed E-state index contributed by atoms with van der Waals surface area (Å²) in [6.45, 7) is 5.81. The number of sulfonamides is 1. The summed E-state index contributed by atoms with van der Waals surface area (Å²) in [4.78, 5) is 0.156. The third kappa shape index (κ3) is 3.92. The minimum atomic E-state index is -3.61. The van der Waals surface area contributed by atoms with Crippen molar-refractivity contribution in [2.75, 3.05) is 18.9 Å². The minimum absolute atomic E-state index is 0.0501. The molecule has 5 nitrogen and oxygen atoms in total. The second-order valence-corrected chi connectivity index (χ2v) is 6.60. The van der Waals surface area contributed by atoms with Gasteiger partial charge in [0.05, 0.1) is 5.69 Å². The number of hydrogen-bond donors (Lipinski definition) is 3. The summed E-state index contributed by atoms with van der Waals surface area (Å²) in [7, 11) is -3.61. The fraction of sp³-hybridized carbons (Fsp3) is 0.538. The van der Waals surface area contributed by atoms with E-state index < -0.39 is 10.0 Å². The molecular formula is C13H22N2O3S. The molecule has 108 valence electrons. The van der Waals surface area contributed by atoms with Gasteiger partial charge < -0.3 is 10.8 Å². The van der Waals surface area contributed by atoms with Crippen molar-refractivity contribution in [3.05, 3.63) is 23.3 Å². The average molecular weight is 286 g/mol. The molecule has 0 saturated heterocycles. The summed E-state index contributed by atoms with van der Waals surface area (Å²) in [5.41, 5.74) is 7.59. The summed E-state index contributed by atoms with van der Waals surface area (Å²) >= 11 is 0. The summed E-state index contributed by atoms with van der Waals surface area (Å²) in [6.07, 6.45) is 0.560. The summed E-state index contributed by atoms with van der Waals surface area (Å²) in [5.74, 6) is 0.0751. The highest BCUT2D eigenvalue weighted by Crippen LogP contribution is 2.25. The molecule has 6 heteroatoms. The number of aryl methyl sites for hydroxylation is 1. The van der Waals surface area contributed by atoms with Crippen LogP contribution in [0.1, 0.15) is 24.5 Å². The second kappa shape index (κ2) is 6.36. The molecule has 1 atom stereocenters. The van der Waals surface area contributed by atoms with E-state index in [1.165, 1.54) is 0 Å². The van der Waals surface area contributed by atoms with Crippen LogP contribution < -0.4 is 10.5 Å². The standard InChI is InChI=1S/C13H22N2O3S/c1-9(6-7-16)8-15-19(17,18)13-11(3)10(2)4-5-12(13)14/h4-5,9,15-16H,6-8,14H2,1-3H3. The Morgan fingerprint density at radius 2 is 2.00 bits per heavy atom. The summed E-state index contributed by atoms with van der Waals surface area (Å²) in [5, 5.41) is 8.81. The number of nitrogens with one attached hydrogen (secondary N) is 1. The molecule has 0 amide bonds. The van der Waals surface area contributed by atoms with E-state index >= 15 is 0 Å². The molecule has 0 aromatic heterocycles. The Morgan fingerprint density at radius 1 is 1.37 bits per heavy atom. The summed E-state index contributed by atoms with van der Waals surface area (Å²) in [6, 6.07) is 3.41. The van der Waals surface area contributed by atoms with Crippen molar-refractivity contribution in [1.82, 2.24) is 4.72 Å². The predicted molar refractivity (Wildman–Crippen MR) is 76.4 cm³/mol. The molecule has 0 aliphatic rings. The number of anilines is 1. The fourth-order valence-corrected chi connectivity index (χ4v) is 3.41. The van der Waals surface area contributed by atoms with Gasteiger partial charge in [-0.1, -0.05) is 13.0 Å². The van der Waals surface area contributed by atoms with Gasteiger partial charge in [0, 0.05) is 13.2 Å². The highest BCUT2D eigenvalue weighted by molar-refractivity contribution is 7.89. The van der Waals surface area contributed by atoms with Crippen molar-refractivity contribution in [3.8, 4) is 0 Å². The number of rotatable bonds is 6. The van der Waals surface area contributed by atoms with Gasteiger partial charge in [0.2, 0.25) is 10.0 Å². The van der Waals surface area contributed by atoms with E-state index in [0.717, 1.165) is 5.56 Å². The maximum Gasteiger partial charge on any atom is 0.242 e. The first-order valence-corrected chi connectivity index (χ1v) is 7.74. The molecule has 0 aliphatic heterocycles. The quantitative estimate of drug-likeness (QED) is 0.685. The van der Waals surface area contributed by atoms with Crippen LogP contribution in [-0.4, -0.2) is 26.7 Å². The first-order valence-electron chi connectivity index (χ1n) is 6.25. The number of nitrogens with two attached hydrogens (primary N) is 1. The van der Waals surface area contributed by atoms with Crippen LogP contribution in [0, 0.1) is 19.8 Å². The number of hydrogen-bond acceptors (Lipinski definition) is 4. The molecule has 0 spiro atoms. The van der Waals surface area contributed by atoms with E-state index in [9.17, 15) is 8.42 Å². The molecule has 1 aromatic rings. The molecule has 0 heterocycles. The average Bonchev–Trinajstić information content (AvgIpc) is 2.32. The highest BCUT2D eigenvalue weighted by Gasteiger charge is 2.21. The van der Waals surface area contributed by atoms with E-state index in [1.54, 1.807) is 19.1 Å². The van der Waals surface area contributed by atoms with Crippen LogP contribution in [0.2, 0.25) is 0 Å². The second-order valence-electron chi connectivity index (χ2n) is 4.90. The van der Waals surface area contributed by atoms with Crippen molar-refractivity contribution >= 4 is 15.7 Å². The molecular weight excluding hydrogens is 264 g/mol. The lowest BCUT2D eigenvalue weighted by atomic mass is 10.1. The number of benzene rings is 1. The van der Waals surface area contributed by atoms with Gasteiger partial charge in [0.1, 0.15) is 4.90 Å². The zero-order valence-corrected chi connectivity index (χ0v) is 12.4. The van der Waals surface area contributed by atoms with E-state index in [0.29, 0.717) is 12.0 Å². The summed E-state index contributed by atoms with van der Waals surface area (Å²) < 4.78 is 27.1. The van der Waals surface area contributed by atoms with Crippen LogP contribution >= 0.6 is 0 Å². The van der Waals surface area contributed by atoms with Crippen molar-refractivity contribution in [2.24, 2.45) is 5.92 Å². The van der Waals surface area contributed by atoms with E-state index in [1.807, 2.05) is 13.8 Å². The molecule has 1 aromatic carbocycles. The van der Waals surface area contributed by atoms with Gasteiger partial charge in [-0.05, 0) is 43.4 Å².